The molecular formula is C12H15NO3. The van der Waals surface area contributed by atoms with E-state index in [0.717, 1.165) is 24.2 Å². The number of ether oxygens (including phenoxy) is 1. The van der Waals surface area contributed by atoms with Gasteiger partial charge in [-0.3, -0.25) is 4.79 Å². The van der Waals surface area contributed by atoms with Crippen molar-refractivity contribution in [1.82, 2.24) is 5.32 Å². The summed E-state index contributed by atoms with van der Waals surface area (Å²) in [6, 6.07) is 5.29. The number of rotatable bonds is 2. The van der Waals surface area contributed by atoms with Crippen molar-refractivity contribution in [2.75, 3.05) is 13.7 Å². The largest absolute Gasteiger partial charge is 0.508 e. The molecule has 4 heteroatoms. The topological polar surface area (TPSA) is 58.6 Å². The van der Waals surface area contributed by atoms with Gasteiger partial charge in [0.15, 0.2) is 0 Å². The predicted molar refractivity (Wildman–Crippen MR) is 59.2 cm³/mol. The molecule has 1 aliphatic rings. The van der Waals surface area contributed by atoms with E-state index < -0.39 is 0 Å². The summed E-state index contributed by atoms with van der Waals surface area (Å²) in [5.74, 6) is 0.198. The first-order valence-corrected chi connectivity index (χ1v) is 5.30. The Hall–Kier alpha value is -1.55. The Bertz CT molecular complexity index is 403. The SMILES string of the molecule is COC(=O)CC1CNCc2cc(O)ccc21. The first-order valence-electron chi connectivity index (χ1n) is 5.30. The van der Waals surface area contributed by atoms with E-state index in [1.54, 1.807) is 12.1 Å². The molecule has 0 saturated heterocycles. The van der Waals surface area contributed by atoms with E-state index in [4.69, 9.17) is 0 Å². The van der Waals surface area contributed by atoms with Crippen molar-refractivity contribution in [1.29, 1.82) is 0 Å². The molecular weight excluding hydrogens is 206 g/mol. The second-order valence-electron chi connectivity index (χ2n) is 3.99. The standard InChI is InChI=1S/C12H15NO3/c1-16-12(15)5-9-7-13-6-8-4-10(14)2-3-11(8)9/h2-4,9,13-14H,5-7H2,1H3. The molecule has 1 heterocycles. The fourth-order valence-electron chi connectivity index (χ4n) is 2.10. The van der Waals surface area contributed by atoms with Gasteiger partial charge in [-0.05, 0) is 23.3 Å². The summed E-state index contributed by atoms with van der Waals surface area (Å²) in [7, 11) is 1.40. The Morgan fingerprint density at radius 2 is 2.44 bits per heavy atom. The number of carbonyl (C=O) groups is 1. The van der Waals surface area contributed by atoms with Crippen LogP contribution in [0, 0.1) is 0 Å². The number of aromatic hydroxyl groups is 1. The fourth-order valence-corrected chi connectivity index (χ4v) is 2.10. The number of methoxy groups -OCH3 is 1. The van der Waals surface area contributed by atoms with Crippen molar-refractivity contribution < 1.29 is 14.6 Å². The van der Waals surface area contributed by atoms with E-state index in [1.807, 2.05) is 6.07 Å². The molecule has 0 bridgehead atoms. The van der Waals surface area contributed by atoms with Gasteiger partial charge in [-0.2, -0.15) is 0 Å². The monoisotopic (exact) mass is 221 g/mol. The highest BCUT2D eigenvalue weighted by Gasteiger charge is 2.22. The smallest absolute Gasteiger partial charge is 0.306 e. The van der Waals surface area contributed by atoms with Crippen LogP contribution in [0.1, 0.15) is 23.5 Å². The fraction of sp³-hybridized carbons (Fsp3) is 0.417. The Morgan fingerprint density at radius 3 is 3.19 bits per heavy atom. The molecule has 16 heavy (non-hydrogen) atoms. The van der Waals surface area contributed by atoms with Crippen LogP contribution in [0.3, 0.4) is 0 Å². The van der Waals surface area contributed by atoms with Crippen molar-refractivity contribution in [3.05, 3.63) is 29.3 Å². The quantitative estimate of drug-likeness (QED) is 0.735. The van der Waals surface area contributed by atoms with Crippen molar-refractivity contribution in [2.45, 2.75) is 18.9 Å². The number of esters is 1. The van der Waals surface area contributed by atoms with Gasteiger partial charge in [0.25, 0.3) is 0 Å². The van der Waals surface area contributed by atoms with Crippen molar-refractivity contribution >= 4 is 5.97 Å². The van der Waals surface area contributed by atoms with Gasteiger partial charge in [-0.1, -0.05) is 6.07 Å². The van der Waals surface area contributed by atoms with Gasteiger partial charge >= 0.3 is 5.97 Å². The van der Waals surface area contributed by atoms with E-state index in [-0.39, 0.29) is 17.6 Å². The third kappa shape index (κ3) is 2.17. The summed E-state index contributed by atoms with van der Waals surface area (Å²) in [6.07, 6.45) is 0.376. The Balaban J connectivity index is 2.23. The summed E-state index contributed by atoms with van der Waals surface area (Å²) in [4.78, 5) is 11.3. The maximum absolute atomic E-state index is 11.3. The zero-order valence-corrected chi connectivity index (χ0v) is 9.19. The molecule has 1 atom stereocenters. The molecule has 4 nitrogen and oxygen atoms in total. The van der Waals surface area contributed by atoms with Crippen molar-refractivity contribution in [3.8, 4) is 5.75 Å². The van der Waals surface area contributed by atoms with Crippen LogP contribution in [0.5, 0.6) is 5.75 Å². The van der Waals surface area contributed by atoms with Crippen LogP contribution in [0.25, 0.3) is 0 Å². The van der Waals surface area contributed by atoms with E-state index >= 15 is 0 Å². The van der Waals surface area contributed by atoms with Gasteiger partial charge in [0.1, 0.15) is 5.75 Å². The number of nitrogens with one attached hydrogen (secondary N) is 1. The molecule has 2 N–H and O–H groups in total. The van der Waals surface area contributed by atoms with Crippen LogP contribution in [0.4, 0.5) is 0 Å². The predicted octanol–water partition coefficient (Wildman–Crippen LogP) is 1.14. The number of carbonyl (C=O) groups excluding carboxylic acids is 1. The number of fused-ring (bicyclic) bond motifs is 1. The first kappa shape index (κ1) is 11.0. The number of benzene rings is 1. The highest BCUT2D eigenvalue weighted by molar-refractivity contribution is 5.70. The molecule has 0 saturated carbocycles. The Morgan fingerprint density at radius 1 is 1.62 bits per heavy atom. The van der Waals surface area contributed by atoms with Crippen LogP contribution < -0.4 is 5.32 Å². The lowest BCUT2D eigenvalue weighted by Crippen LogP contribution is -2.29. The van der Waals surface area contributed by atoms with Crippen molar-refractivity contribution in [2.24, 2.45) is 0 Å². The van der Waals surface area contributed by atoms with Crippen molar-refractivity contribution in [3.63, 3.8) is 0 Å². The zero-order chi connectivity index (χ0) is 11.5. The molecule has 0 amide bonds. The molecule has 0 aromatic heterocycles. The third-order valence-electron chi connectivity index (χ3n) is 2.91. The van der Waals surface area contributed by atoms with E-state index in [2.05, 4.69) is 10.1 Å². The highest BCUT2D eigenvalue weighted by atomic mass is 16.5. The maximum atomic E-state index is 11.3. The lowest BCUT2D eigenvalue weighted by molar-refractivity contribution is -0.141. The lowest BCUT2D eigenvalue weighted by atomic mass is 9.88. The molecule has 86 valence electrons. The molecule has 2 rings (SSSR count). The van der Waals surface area contributed by atoms with Crippen LogP contribution in [0.15, 0.2) is 18.2 Å². The number of hydrogen-bond donors (Lipinski definition) is 2. The molecule has 1 aromatic rings. The van der Waals surface area contributed by atoms with Crippen LogP contribution >= 0.6 is 0 Å². The van der Waals surface area contributed by atoms with E-state index in [9.17, 15) is 9.90 Å². The number of phenols is 1. The Labute approximate surface area is 94.2 Å². The second-order valence-corrected chi connectivity index (χ2v) is 3.99. The van der Waals surface area contributed by atoms with Gasteiger partial charge in [-0.25, -0.2) is 0 Å². The minimum absolute atomic E-state index is 0.136. The summed E-state index contributed by atoms with van der Waals surface area (Å²) in [5.41, 5.74) is 2.18. The van der Waals surface area contributed by atoms with Gasteiger partial charge in [0, 0.05) is 19.0 Å². The van der Waals surface area contributed by atoms with E-state index in [1.165, 1.54) is 7.11 Å². The molecule has 0 aliphatic carbocycles. The number of phenolic OH excluding ortho intramolecular Hbond substituents is 1. The summed E-state index contributed by atoms with van der Waals surface area (Å²) in [5, 5.41) is 12.6. The maximum Gasteiger partial charge on any atom is 0.306 e. The van der Waals surface area contributed by atoms with Crippen LogP contribution in [0.2, 0.25) is 0 Å². The summed E-state index contributed by atoms with van der Waals surface area (Å²) < 4.78 is 4.68. The molecule has 0 radical (unpaired) electrons. The molecule has 0 fully saturated rings. The number of hydrogen-bond acceptors (Lipinski definition) is 4. The minimum Gasteiger partial charge on any atom is -0.508 e. The molecule has 1 unspecified atom stereocenters. The van der Waals surface area contributed by atoms with Gasteiger partial charge < -0.3 is 15.2 Å². The summed E-state index contributed by atoms with van der Waals surface area (Å²) in [6.45, 7) is 1.51. The third-order valence-corrected chi connectivity index (χ3v) is 2.91. The van der Waals surface area contributed by atoms with E-state index in [0.29, 0.717) is 6.42 Å². The zero-order valence-electron chi connectivity index (χ0n) is 9.19. The molecule has 1 aromatic carbocycles. The summed E-state index contributed by atoms with van der Waals surface area (Å²) >= 11 is 0. The lowest BCUT2D eigenvalue weighted by Gasteiger charge is -2.25. The first-order chi connectivity index (χ1) is 7.70. The molecule has 0 spiro atoms. The normalized spacial score (nSPS) is 18.9. The average molecular weight is 221 g/mol. The Kier molecular flexibility index (Phi) is 3.10. The van der Waals surface area contributed by atoms with Crippen LogP contribution in [-0.4, -0.2) is 24.7 Å². The van der Waals surface area contributed by atoms with Gasteiger partial charge in [-0.15, -0.1) is 0 Å². The minimum atomic E-state index is -0.201. The van der Waals surface area contributed by atoms with Crippen LogP contribution in [-0.2, 0) is 16.1 Å². The second kappa shape index (κ2) is 4.53. The molecule has 1 aliphatic heterocycles. The van der Waals surface area contributed by atoms with Gasteiger partial charge in [0.05, 0.1) is 13.5 Å². The average Bonchev–Trinajstić information content (AvgIpc) is 2.28. The highest BCUT2D eigenvalue weighted by Crippen LogP contribution is 2.29. The van der Waals surface area contributed by atoms with Gasteiger partial charge in [0.2, 0.25) is 0 Å².